The first-order chi connectivity index (χ1) is 11.0. The highest BCUT2D eigenvalue weighted by Gasteiger charge is 2.44. The van der Waals surface area contributed by atoms with E-state index in [1.54, 1.807) is 19.1 Å². The lowest BCUT2D eigenvalue weighted by Gasteiger charge is -2.25. The molecule has 1 unspecified atom stereocenters. The Hall–Kier alpha value is -1.92. The maximum absolute atomic E-state index is 12.6. The predicted octanol–water partition coefficient (Wildman–Crippen LogP) is 4.39. The van der Waals surface area contributed by atoms with Crippen molar-refractivity contribution >= 4 is 44.6 Å². The zero-order valence-electron chi connectivity index (χ0n) is 12.3. The third-order valence-corrected chi connectivity index (χ3v) is 5.15. The lowest BCUT2D eigenvalue weighted by molar-refractivity contribution is -0.118. The lowest BCUT2D eigenvalue weighted by Crippen LogP contribution is -2.30. The highest BCUT2D eigenvalue weighted by atomic mass is 79.9. The molecule has 0 spiro atoms. The van der Waals surface area contributed by atoms with Gasteiger partial charge in [-0.1, -0.05) is 35.0 Å². The number of carbonyl (C=O) groups is 2. The molecule has 4 nitrogen and oxygen atoms in total. The summed E-state index contributed by atoms with van der Waals surface area (Å²) in [6, 6.07) is 10.4. The third-order valence-electron chi connectivity index (χ3n) is 3.73. The van der Waals surface area contributed by atoms with Crippen LogP contribution in [0.15, 0.2) is 57.6 Å². The first-order valence-corrected chi connectivity index (χ1v) is 8.80. The first-order valence-electron chi connectivity index (χ1n) is 7.13. The van der Waals surface area contributed by atoms with Gasteiger partial charge in [-0.2, -0.15) is 0 Å². The lowest BCUT2D eigenvalue weighted by atomic mass is 10.0. The average molecular weight is 392 g/mol. The Labute approximate surface area is 146 Å². The van der Waals surface area contributed by atoms with Gasteiger partial charge in [-0.25, -0.2) is 0 Å². The van der Waals surface area contributed by atoms with Gasteiger partial charge in [0.05, 0.1) is 5.57 Å². The van der Waals surface area contributed by atoms with E-state index in [1.807, 2.05) is 29.6 Å². The Bertz CT molecular complexity index is 798. The van der Waals surface area contributed by atoms with E-state index in [2.05, 4.69) is 15.9 Å². The molecule has 6 heteroatoms. The number of amides is 1. The molecule has 2 heterocycles. The normalized spacial score (nSPS) is 17.9. The van der Waals surface area contributed by atoms with Crippen LogP contribution in [0.4, 0.5) is 5.69 Å². The van der Waals surface area contributed by atoms with Crippen molar-refractivity contribution in [2.24, 2.45) is 0 Å². The Kier molecular flexibility index (Phi) is 4.37. The van der Waals surface area contributed by atoms with E-state index >= 15 is 0 Å². The fourth-order valence-electron chi connectivity index (χ4n) is 2.69. The maximum Gasteiger partial charge on any atom is 0.294 e. The number of ketones is 1. The molecule has 0 radical (unpaired) electrons. The molecule has 0 aliphatic carbocycles. The number of Topliss-reactive ketones (excluding diaryl/α,β-unsaturated/α-hetero) is 1. The Morgan fingerprint density at radius 2 is 2.13 bits per heavy atom. The molecule has 118 valence electrons. The van der Waals surface area contributed by atoms with Crippen LogP contribution >= 0.6 is 27.3 Å². The number of aliphatic hydroxyl groups is 1. The van der Waals surface area contributed by atoms with Crippen LogP contribution in [-0.4, -0.2) is 16.8 Å². The van der Waals surface area contributed by atoms with E-state index < -0.39 is 17.7 Å². The summed E-state index contributed by atoms with van der Waals surface area (Å²) in [5, 5.41) is 12.2. The second kappa shape index (κ2) is 6.29. The summed E-state index contributed by atoms with van der Waals surface area (Å²) in [5.74, 6) is -1.21. The molecular weight excluding hydrogens is 378 g/mol. The van der Waals surface area contributed by atoms with Gasteiger partial charge in [-0.15, -0.1) is 11.3 Å². The topological polar surface area (TPSA) is 57.6 Å². The summed E-state index contributed by atoms with van der Waals surface area (Å²) in [4.78, 5) is 27.3. The number of anilines is 1. The SMILES string of the molecule is CCC(=O)C1=C(O)C(=O)N(c2cccc(Br)c2)C1c1cccs1. The largest absolute Gasteiger partial charge is 0.503 e. The fraction of sp³-hybridized carbons (Fsp3) is 0.176. The van der Waals surface area contributed by atoms with Gasteiger partial charge in [0.25, 0.3) is 5.91 Å². The van der Waals surface area contributed by atoms with E-state index in [-0.39, 0.29) is 17.8 Å². The van der Waals surface area contributed by atoms with Crippen LogP contribution in [0.5, 0.6) is 0 Å². The maximum atomic E-state index is 12.6. The third kappa shape index (κ3) is 2.72. The summed E-state index contributed by atoms with van der Waals surface area (Å²) < 4.78 is 0.822. The van der Waals surface area contributed by atoms with Crippen LogP contribution in [0.1, 0.15) is 24.3 Å². The van der Waals surface area contributed by atoms with Crippen LogP contribution in [0.25, 0.3) is 0 Å². The van der Waals surface area contributed by atoms with Crippen LogP contribution in [0.2, 0.25) is 0 Å². The number of thiophene rings is 1. The zero-order chi connectivity index (χ0) is 16.6. The van der Waals surface area contributed by atoms with Crippen molar-refractivity contribution in [1.82, 2.24) is 0 Å². The second-order valence-corrected chi connectivity index (χ2v) is 7.01. The van der Waals surface area contributed by atoms with Crippen LogP contribution in [-0.2, 0) is 9.59 Å². The Morgan fingerprint density at radius 1 is 1.35 bits per heavy atom. The minimum Gasteiger partial charge on any atom is -0.503 e. The van der Waals surface area contributed by atoms with Crippen molar-refractivity contribution in [2.75, 3.05) is 4.90 Å². The molecule has 23 heavy (non-hydrogen) atoms. The van der Waals surface area contributed by atoms with E-state index in [1.165, 1.54) is 16.2 Å². The molecule has 2 aromatic rings. The second-order valence-electron chi connectivity index (χ2n) is 5.11. The smallest absolute Gasteiger partial charge is 0.294 e. The molecule has 0 fully saturated rings. The summed E-state index contributed by atoms with van der Waals surface area (Å²) in [6.45, 7) is 1.72. The number of halogens is 1. The molecule has 1 aromatic heterocycles. The number of hydrogen-bond acceptors (Lipinski definition) is 4. The van der Waals surface area contributed by atoms with Crippen molar-refractivity contribution in [3.05, 3.63) is 62.5 Å². The van der Waals surface area contributed by atoms with Gasteiger partial charge in [0.2, 0.25) is 0 Å². The van der Waals surface area contributed by atoms with Gasteiger partial charge in [-0.05, 0) is 29.6 Å². The van der Waals surface area contributed by atoms with Gasteiger partial charge >= 0.3 is 0 Å². The summed E-state index contributed by atoms with van der Waals surface area (Å²) >= 11 is 4.85. The molecule has 1 atom stereocenters. The molecule has 1 aliphatic rings. The highest BCUT2D eigenvalue weighted by Crippen LogP contribution is 2.43. The highest BCUT2D eigenvalue weighted by molar-refractivity contribution is 9.10. The Balaban J connectivity index is 2.16. The van der Waals surface area contributed by atoms with E-state index in [9.17, 15) is 14.7 Å². The quantitative estimate of drug-likeness (QED) is 0.840. The predicted molar refractivity (Wildman–Crippen MR) is 93.6 cm³/mol. The number of benzene rings is 1. The fourth-order valence-corrected chi connectivity index (χ4v) is 3.90. The Morgan fingerprint density at radius 3 is 2.74 bits per heavy atom. The minimum atomic E-state index is -0.579. The number of carbonyl (C=O) groups excluding carboxylic acids is 2. The van der Waals surface area contributed by atoms with Crippen molar-refractivity contribution in [1.29, 1.82) is 0 Å². The molecule has 1 amide bonds. The van der Waals surface area contributed by atoms with Gasteiger partial charge < -0.3 is 5.11 Å². The van der Waals surface area contributed by atoms with Crippen LogP contribution in [0, 0.1) is 0 Å². The van der Waals surface area contributed by atoms with Crippen molar-refractivity contribution in [3.63, 3.8) is 0 Å². The molecule has 3 rings (SSSR count). The molecule has 0 saturated carbocycles. The van der Waals surface area contributed by atoms with E-state index in [4.69, 9.17) is 0 Å². The minimum absolute atomic E-state index is 0.180. The van der Waals surface area contributed by atoms with Crippen molar-refractivity contribution in [2.45, 2.75) is 19.4 Å². The van der Waals surface area contributed by atoms with E-state index in [0.29, 0.717) is 5.69 Å². The molecule has 0 saturated heterocycles. The number of aliphatic hydroxyl groups excluding tert-OH is 1. The summed E-state index contributed by atoms with van der Waals surface area (Å²) in [5.41, 5.74) is 0.813. The van der Waals surface area contributed by atoms with Gasteiger partial charge in [0.1, 0.15) is 6.04 Å². The molecular formula is C17H14BrNO3S. The van der Waals surface area contributed by atoms with E-state index in [0.717, 1.165) is 9.35 Å². The number of hydrogen-bond donors (Lipinski definition) is 1. The number of rotatable bonds is 4. The first kappa shape index (κ1) is 16.0. The van der Waals surface area contributed by atoms with Gasteiger partial charge in [-0.3, -0.25) is 14.5 Å². The molecule has 1 aromatic carbocycles. The van der Waals surface area contributed by atoms with Crippen LogP contribution < -0.4 is 4.90 Å². The summed E-state index contributed by atoms with van der Waals surface area (Å²) in [7, 11) is 0. The molecule has 1 N–H and O–H groups in total. The summed E-state index contributed by atoms with van der Waals surface area (Å²) in [6.07, 6.45) is 0.237. The van der Waals surface area contributed by atoms with Crippen molar-refractivity contribution < 1.29 is 14.7 Å². The standard InChI is InChI=1S/C17H14BrNO3S/c1-2-12(20)14-15(13-7-4-8-23-13)19(17(22)16(14)21)11-6-3-5-10(18)9-11/h3-9,15,21H,2H2,1H3. The van der Waals surface area contributed by atoms with Gasteiger partial charge in [0, 0.05) is 21.5 Å². The number of nitrogens with zero attached hydrogens (tertiary/aromatic N) is 1. The van der Waals surface area contributed by atoms with Crippen molar-refractivity contribution in [3.8, 4) is 0 Å². The molecule has 0 bridgehead atoms. The van der Waals surface area contributed by atoms with Gasteiger partial charge in [0.15, 0.2) is 11.5 Å². The monoisotopic (exact) mass is 391 g/mol. The molecule has 1 aliphatic heterocycles. The average Bonchev–Trinajstić information content (AvgIpc) is 3.14. The van der Waals surface area contributed by atoms with Crippen LogP contribution in [0.3, 0.4) is 0 Å². The zero-order valence-corrected chi connectivity index (χ0v) is 14.7.